The van der Waals surface area contributed by atoms with Crippen molar-refractivity contribution in [1.29, 1.82) is 5.41 Å². The fraction of sp³-hybridized carbons (Fsp3) is 0. The van der Waals surface area contributed by atoms with E-state index in [1.54, 1.807) is 0 Å². The average Bonchev–Trinajstić information content (AvgIpc) is 2.72. The van der Waals surface area contributed by atoms with Crippen LogP contribution in [-0.4, -0.2) is 20.9 Å². The van der Waals surface area contributed by atoms with Crippen LogP contribution in [-0.2, 0) is 0 Å². The number of rotatable bonds is 1. The number of benzene rings is 1. The predicted octanol–water partition coefficient (Wildman–Crippen LogP) is 2.45. The molecule has 94 valence electrons. The minimum atomic E-state index is -0.301. The maximum atomic E-state index is 9.89. The third-order valence-electron chi connectivity index (χ3n) is 2.11. The van der Waals surface area contributed by atoms with Crippen LogP contribution < -0.4 is 10.8 Å². The van der Waals surface area contributed by atoms with Crippen LogP contribution >= 0.6 is 23.2 Å². The molecule has 0 amide bonds. The van der Waals surface area contributed by atoms with E-state index >= 15 is 0 Å². The first-order chi connectivity index (χ1) is 8.47. The molecule has 1 aromatic heterocycles. The Labute approximate surface area is 113 Å². The van der Waals surface area contributed by atoms with Crippen LogP contribution in [0.15, 0.2) is 30.6 Å². The number of hydrogen-bond acceptors (Lipinski definition) is 4. The first-order valence-corrected chi connectivity index (χ1v) is 5.57. The highest BCUT2D eigenvalue weighted by Gasteiger charge is 2.13. The third kappa shape index (κ3) is 2.56. The number of nitrogens with one attached hydrogen (secondary N) is 1. The SMILES string of the molecule is N=C(N(O)c1cc(Cl)cc(Cl)c1)n1cc(N)cn1. The molecule has 4 N–H and O–H groups in total. The summed E-state index contributed by atoms with van der Waals surface area (Å²) >= 11 is 11.6. The molecule has 0 aliphatic rings. The number of nitrogens with two attached hydrogens (primary N) is 1. The van der Waals surface area contributed by atoms with Crippen molar-refractivity contribution < 1.29 is 5.21 Å². The van der Waals surface area contributed by atoms with Crippen molar-refractivity contribution in [3.63, 3.8) is 0 Å². The molecule has 0 unspecified atom stereocenters. The highest BCUT2D eigenvalue weighted by molar-refractivity contribution is 6.35. The zero-order chi connectivity index (χ0) is 13.3. The highest BCUT2D eigenvalue weighted by Crippen LogP contribution is 2.24. The van der Waals surface area contributed by atoms with Crippen molar-refractivity contribution in [2.45, 2.75) is 0 Å². The lowest BCUT2D eigenvalue weighted by Gasteiger charge is -2.17. The fourth-order valence-corrected chi connectivity index (χ4v) is 1.85. The van der Waals surface area contributed by atoms with E-state index < -0.39 is 0 Å². The van der Waals surface area contributed by atoms with Crippen LogP contribution in [0.5, 0.6) is 0 Å². The maximum absolute atomic E-state index is 9.89. The molecule has 2 aromatic rings. The Bertz CT molecular complexity index is 577. The molecule has 0 bridgehead atoms. The number of hydrogen-bond donors (Lipinski definition) is 3. The summed E-state index contributed by atoms with van der Waals surface area (Å²) in [5.41, 5.74) is 6.12. The van der Waals surface area contributed by atoms with Crippen LogP contribution in [0.2, 0.25) is 10.0 Å². The Morgan fingerprint density at radius 3 is 2.44 bits per heavy atom. The second-order valence-electron chi connectivity index (χ2n) is 3.48. The number of aromatic nitrogens is 2. The second-order valence-corrected chi connectivity index (χ2v) is 4.35. The lowest BCUT2D eigenvalue weighted by Crippen LogP contribution is -2.32. The number of anilines is 2. The molecule has 0 atom stereocenters. The standard InChI is InChI=1S/C10H9Cl2N5O/c11-6-1-7(12)3-9(2-6)17(18)10(14)16-5-8(13)4-15-16/h1-5,14,18H,13H2. The van der Waals surface area contributed by atoms with Crippen LogP contribution in [0.4, 0.5) is 11.4 Å². The molecule has 1 heterocycles. The van der Waals surface area contributed by atoms with Crippen LogP contribution in [0.3, 0.4) is 0 Å². The third-order valence-corrected chi connectivity index (χ3v) is 2.55. The summed E-state index contributed by atoms with van der Waals surface area (Å²) in [7, 11) is 0. The summed E-state index contributed by atoms with van der Waals surface area (Å²) in [5.74, 6) is -0.301. The molecule has 2 rings (SSSR count). The summed E-state index contributed by atoms with van der Waals surface area (Å²) in [6, 6.07) is 4.46. The molecule has 6 nitrogen and oxygen atoms in total. The fourth-order valence-electron chi connectivity index (χ4n) is 1.33. The van der Waals surface area contributed by atoms with Gasteiger partial charge in [0.25, 0.3) is 0 Å². The Balaban J connectivity index is 2.30. The molecule has 0 aliphatic heterocycles. The predicted molar refractivity (Wildman–Crippen MR) is 70.5 cm³/mol. The van der Waals surface area contributed by atoms with E-state index in [4.69, 9.17) is 34.3 Å². The summed E-state index contributed by atoms with van der Waals surface area (Å²) in [6.07, 6.45) is 2.77. The molecule has 0 saturated heterocycles. The van der Waals surface area contributed by atoms with E-state index in [1.165, 1.54) is 30.6 Å². The van der Waals surface area contributed by atoms with E-state index in [0.717, 1.165) is 4.68 Å². The summed E-state index contributed by atoms with van der Waals surface area (Å²) < 4.78 is 1.12. The number of halogens is 2. The lowest BCUT2D eigenvalue weighted by molar-refractivity contribution is 0.306. The van der Waals surface area contributed by atoms with Crippen molar-refractivity contribution >= 4 is 40.5 Å². The smallest absolute Gasteiger partial charge is 0.248 e. The molecule has 0 spiro atoms. The van der Waals surface area contributed by atoms with Crippen LogP contribution in [0, 0.1) is 5.41 Å². The highest BCUT2D eigenvalue weighted by atomic mass is 35.5. The quantitative estimate of drug-likeness (QED) is 0.426. The molecular formula is C10H9Cl2N5O. The molecule has 8 heteroatoms. The van der Waals surface area contributed by atoms with Gasteiger partial charge in [-0.05, 0) is 18.2 Å². The average molecular weight is 286 g/mol. The molecule has 0 fully saturated rings. The van der Waals surface area contributed by atoms with Crippen molar-refractivity contribution in [3.05, 3.63) is 40.6 Å². The van der Waals surface area contributed by atoms with Gasteiger partial charge in [0.05, 0.1) is 23.8 Å². The van der Waals surface area contributed by atoms with Crippen LogP contribution in [0.25, 0.3) is 0 Å². The molecule has 0 saturated carbocycles. The van der Waals surface area contributed by atoms with Gasteiger partial charge < -0.3 is 5.73 Å². The van der Waals surface area contributed by atoms with Gasteiger partial charge in [-0.25, -0.2) is 4.68 Å². The van der Waals surface area contributed by atoms with Crippen molar-refractivity contribution in [2.24, 2.45) is 0 Å². The van der Waals surface area contributed by atoms with E-state index in [9.17, 15) is 5.21 Å². The van der Waals surface area contributed by atoms with E-state index in [-0.39, 0.29) is 11.6 Å². The van der Waals surface area contributed by atoms with Gasteiger partial charge in [-0.15, -0.1) is 0 Å². The zero-order valence-corrected chi connectivity index (χ0v) is 10.5. The van der Waals surface area contributed by atoms with Crippen molar-refractivity contribution in [2.75, 3.05) is 10.8 Å². The Kier molecular flexibility index (Phi) is 3.42. The van der Waals surface area contributed by atoms with E-state index in [2.05, 4.69) is 5.10 Å². The number of nitrogens with zero attached hydrogens (tertiary/aromatic N) is 3. The largest absolute Gasteiger partial charge is 0.396 e. The second kappa shape index (κ2) is 4.85. The van der Waals surface area contributed by atoms with Crippen molar-refractivity contribution in [3.8, 4) is 0 Å². The molecule has 1 aromatic carbocycles. The van der Waals surface area contributed by atoms with Gasteiger partial charge in [-0.3, -0.25) is 10.6 Å². The van der Waals surface area contributed by atoms with Gasteiger partial charge in [0.1, 0.15) is 0 Å². The molecule has 18 heavy (non-hydrogen) atoms. The van der Waals surface area contributed by atoms with E-state index in [1.807, 2.05) is 0 Å². The number of hydroxylamine groups is 1. The minimum Gasteiger partial charge on any atom is -0.396 e. The van der Waals surface area contributed by atoms with Gasteiger partial charge in [-0.1, -0.05) is 23.2 Å². The Morgan fingerprint density at radius 1 is 1.33 bits per heavy atom. The summed E-state index contributed by atoms with van der Waals surface area (Å²) in [5, 5.41) is 22.8. The summed E-state index contributed by atoms with van der Waals surface area (Å²) in [6.45, 7) is 0. The number of nitrogen functional groups attached to an aromatic ring is 1. The topological polar surface area (TPSA) is 91.2 Å². The van der Waals surface area contributed by atoms with Gasteiger partial charge in [0.2, 0.25) is 5.96 Å². The van der Waals surface area contributed by atoms with Gasteiger partial charge in [0, 0.05) is 10.0 Å². The molecular weight excluding hydrogens is 277 g/mol. The summed E-state index contributed by atoms with van der Waals surface area (Å²) in [4.78, 5) is 0. The first kappa shape index (κ1) is 12.7. The van der Waals surface area contributed by atoms with Crippen molar-refractivity contribution in [1.82, 2.24) is 9.78 Å². The first-order valence-electron chi connectivity index (χ1n) is 4.81. The maximum Gasteiger partial charge on any atom is 0.248 e. The van der Waals surface area contributed by atoms with Crippen LogP contribution in [0.1, 0.15) is 0 Å². The Hall–Kier alpha value is -1.76. The molecule has 0 radical (unpaired) electrons. The van der Waals surface area contributed by atoms with Gasteiger partial charge >= 0.3 is 0 Å². The Morgan fingerprint density at radius 2 is 1.94 bits per heavy atom. The minimum absolute atomic E-state index is 0.256. The van der Waals surface area contributed by atoms with Gasteiger partial charge in [-0.2, -0.15) is 10.2 Å². The molecule has 0 aliphatic carbocycles. The van der Waals surface area contributed by atoms with Gasteiger partial charge in [0.15, 0.2) is 0 Å². The van der Waals surface area contributed by atoms with E-state index in [0.29, 0.717) is 20.8 Å². The monoisotopic (exact) mass is 285 g/mol. The normalized spacial score (nSPS) is 10.4. The lowest BCUT2D eigenvalue weighted by atomic mass is 10.3. The zero-order valence-electron chi connectivity index (χ0n) is 9.01.